The second kappa shape index (κ2) is 8.87. The van der Waals surface area contributed by atoms with Crippen LogP contribution < -0.4 is 10.2 Å². The first-order valence-corrected chi connectivity index (χ1v) is 9.99. The van der Waals surface area contributed by atoms with E-state index in [1.807, 2.05) is 22.7 Å². The first-order chi connectivity index (χ1) is 13.8. The minimum Gasteiger partial charge on any atom is -0.396 e. The van der Waals surface area contributed by atoms with Gasteiger partial charge in [0.2, 0.25) is 5.91 Å². The van der Waals surface area contributed by atoms with Crippen molar-refractivity contribution in [2.75, 3.05) is 31.7 Å². The zero-order valence-electron chi connectivity index (χ0n) is 17.4. The minimum atomic E-state index is -0.669. The molecule has 0 radical (unpaired) electrons. The molecule has 0 atom stereocenters. The van der Waals surface area contributed by atoms with E-state index in [1.54, 1.807) is 20.2 Å². The molecule has 158 valence electrons. The molecule has 0 aliphatic heterocycles. The van der Waals surface area contributed by atoms with E-state index in [0.717, 1.165) is 36.3 Å². The van der Waals surface area contributed by atoms with E-state index < -0.39 is 5.54 Å². The Hall–Kier alpha value is -2.52. The highest BCUT2D eigenvalue weighted by molar-refractivity contribution is 5.82. The van der Waals surface area contributed by atoms with Gasteiger partial charge < -0.3 is 25.0 Å². The van der Waals surface area contributed by atoms with E-state index in [1.165, 1.54) is 0 Å². The summed E-state index contributed by atoms with van der Waals surface area (Å²) >= 11 is 0. The first-order valence-electron chi connectivity index (χ1n) is 9.99. The molecule has 0 saturated heterocycles. The Morgan fingerprint density at radius 3 is 2.83 bits per heavy atom. The maximum absolute atomic E-state index is 12.4. The molecule has 3 N–H and O–H groups in total. The van der Waals surface area contributed by atoms with Crippen LogP contribution in [0.3, 0.4) is 0 Å². The van der Waals surface area contributed by atoms with Crippen molar-refractivity contribution in [2.24, 2.45) is 0 Å². The van der Waals surface area contributed by atoms with Crippen molar-refractivity contribution in [3.8, 4) is 11.5 Å². The number of amides is 1. The Labute approximate surface area is 170 Å². The van der Waals surface area contributed by atoms with Crippen LogP contribution in [0.25, 0.3) is 11.5 Å². The van der Waals surface area contributed by atoms with Crippen LogP contribution in [0.15, 0.2) is 12.5 Å². The molecule has 29 heavy (non-hydrogen) atoms. The molecule has 0 spiro atoms. The zero-order chi connectivity index (χ0) is 21.0. The lowest BCUT2D eigenvalue weighted by Gasteiger charge is -2.26. The van der Waals surface area contributed by atoms with E-state index in [4.69, 9.17) is 15.1 Å². The van der Waals surface area contributed by atoms with Crippen LogP contribution >= 0.6 is 0 Å². The van der Waals surface area contributed by atoms with E-state index in [-0.39, 0.29) is 25.7 Å². The number of aryl methyl sites for hydroxylation is 2. The number of carbonyl (C=O) groups excluding carboxylic acids is 1. The monoisotopic (exact) mass is 402 g/mol. The second-order valence-corrected chi connectivity index (χ2v) is 8.17. The third kappa shape index (κ3) is 5.10. The number of rotatable bonds is 9. The fourth-order valence-corrected chi connectivity index (χ4v) is 3.44. The van der Waals surface area contributed by atoms with Crippen molar-refractivity contribution < 1.29 is 15.0 Å². The smallest absolute Gasteiger partial charge is 0.240 e. The van der Waals surface area contributed by atoms with Crippen molar-refractivity contribution >= 4 is 11.7 Å². The maximum atomic E-state index is 12.4. The summed E-state index contributed by atoms with van der Waals surface area (Å²) in [7, 11) is 1.84. The van der Waals surface area contributed by atoms with Crippen molar-refractivity contribution in [3.63, 3.8) is 0 Å². The van der Waals surface area contributed by atoms with Crippen molar-refractivity contribution in [1.82, 2.24) is 24.8 Å². The van der Waals surface area contributed by atoms with Crippen LogP contribution in [0.4, 0.5) is 5.82 Å². The summed E-state index contributed by atoms with van der Waals surface area (Å²) in [5.74, 6) is 1.13. The highest BCUT2D eigenvalue weighted by Crippen LogP contribution is 2.30. The number of hydrogen-bond donors (Lipinski definition) is 3. The number of nitrogens with zero attached hydrogens (tertiary/aromatic N) is 5. The topological polar surface area (TPSA) is 116 Å². The lowest BCUT2D eigenvalue weighted by molar-refractivity contribution is -0.121. The lowest BCUT2D eigenvalue weighted by atomic mass is 10.1. The molecule has 0 bridgehead atoms. The van der Waals surface area contributed by atoms with Crippen LogP contribution in [0.1, 0.15) is 37.9 Å². The number of aliphatic hydroxyl groups is 2. The largest absolute Gasteiger partial charge is 0.396 e. The quantitative estimate of drug-likeness (QED) is 0.560. The molecule has 2 aromatic rings. The van der Waals surface area contributed by atoms with Crippen molar-refractivity contribution in [2.45, 2.75) is 51.6 Å². The standard InChI is InChI=1S/C20H30N6O3/c1-20(2,12-28)24-17(29)11-25(3)19-14-6-4-7-15(14)22-18(23-19)16-10-26(13-21-16)8-5-9-27/h10,13,27-28H,4-9,11-12H2,1-3H3,(H,24,29). The average Bonchev–Trinajstić information content (AvgIpc) is 3.34. The summed E-state index contributed by atoms with van der Waals surface area (Å²) in [4.78, 5) is 28.1. The molecule has 0 unspecified atom stereocenters. The molecule has 9 heteroatoms. The van der Waals surface area contributed by atoms with Gasteiger partial charge in [0.15, 0.2) is 5.82 Å². The van der Waals surface area contributed by atoms with Gasteiger partial charge in [0.05, 0.1) is 25.0 Å². The molecule has 9 nitrogen and oxygen atoms in total. The van der Waals surface area contributed by atoms with Crippen LogP contribution in [0.2, 0.25) is 0 Å². The number of likely N-dealkylation sites (N-methyl/N-ethyl adjacent to an activating group) is 1. The lowest BCUT2D eigenvalue weighted by Crippen LogP contribution is -2.49. The Morgan fingerprint density at radius 2 is 2.10 bits per heavy atom. The number of hydrogen-bond acceptors (Lipinski definition) is 7. The fraction of sp³-hybridized carbons (Fsp3) is 0.600. The van der Waals surface area contributed by atoms with Crippen molar-refractivity contribution in [3.05, 3.63) is 23.8 Å². The Bertz CT molecular complexity index is 864. The third-order valence-corrected chi connectivity index (χ3v) is 4.96. The highest BCUT2D eigenvalue weighted by atomic mass is 16.3. The first kappa shape index (κ1) is 21.2. The highest BCUT2D eigenvalue weighted by Gasteiger charge is 2.25. The second-order valence-electron chi connectivity index (χ2n) is 8.17. The van der Waals surface area contributed by atoms with E-state index in [9.17, 15) is 9.90 Å². The molecule has 1 aliphatic carbocycles. The molecular formula is C20H30N6O3. The molecule has 3 rings (SSSR count). The third-order valence-electron chi connectivity index (χ3n) is 4.96. The summed E-state index contributed by atoms with van der Waals surface area (Å²) in [6.45, 7) is 4.37. The Kier molecular flexibility index (Phi) is 6.49. The average molecular weight is 402 g/mol. The predicted octanol–water partition coefficient (Wildman–Crippen LogP) is 0.535. The number of aromatic nitrogens is 4. The molecule has 2 heterocycles. The van der Waals surface area contributed by atoms with E-state index in [0.29, 0.717) is 24.5 Å². The molecule has 0 aromatic carbocycles. The van der Waals surface area contributed by atoms with Gasteiger partial charge in [0.1, 0.15) is 11.5 Å². The van der Waals surface area contributed by atoms with Crippen LogP contribution in [-0.4, -0.2) is 68.0 Å². The van der Waals surface area contributed by atoms with Crippen LogP contribution in [0, 0.1) is 0 Å². The van der Waals surface area contributed by atoms with Gasteiger partial charge in [-0.3, -0.25) is 4.79 Å². The van der Waals surface area contributed by atoms with Crippen LogP contribution in [-0.2, 0) is 24.2 Å². The number of anilines is 1. The molecule has 1 aliphatic rings. The summed E-state index contributed by atoms with van der Waals surface area (Å²) in [5.41, 5.74) is 2.11. The number of fused-ring (bicyclic) bond motifs is 1. The fourth-order valence-electron chi connectivity index (χ4n) is 3.44. The predicted molar refractivity (Wildman–Crippen MR) is 110 cm³/mol. The number of carbonyl (C=O) groups is 1. The van der Waals surface area contributed by atoms with E-state index >= 15 is 0 Å². The summed E-state index contributed by atoms with van der Waals surface area (Å²) in [5, 5.41) is 21.2. The number of aliphatic hydroxyl groups excluding tert-OH is 2. The molecular weight excluding hydrogens is 372 g/mol. The van der Waals surface area contributed by atoms with Gasteiger partial charge >= 0.3 is 0 Å². The van der Waals surface area contributed by atoms with Gasteiger partial charge in [-0.2, -0.15) is 0 Å². The van der Waals surface area contributed by atoms with Gasteiger partial charge in [-0.1, -0.05) is 0 Å². The molecule has 0 saturated carbocycles. The Morgan fingerprint density at radius 1 is 1.31 bits per heavy atom. The normalized spacial score (nSPS) is 13.4. The van der Waals surface area contributed by atoms with E-state index in [2.05, 4.69) is 10.3 Å². The van der Waals surface area contributed by atoms with Crippen LogP contribution in [0.5, 0.6) is 0 Å². The minimum absolute atomic E-state index is 0.131. The van der Waals surface area contributed by atoms with Crippen molar-refractivity contribution in [1.29, 1.82) is 0 Å². The SMILES string of the molecule is CN(CC(=O)NC(C)(C)CO)c1nc(-c2cn(CCCO)cn2)nc2c1CCC2. The molecule has 1 amide bonds. The van der Waals surface area contributed by atoms with Gasteiger partial charge in [-0.25, -0.2) is 15.0 Å². The van der Waals surface area contributed by atoms with Gasteiger partial charge in [-0.05, 0) is 39.5 Å². The number of nitrogens with one attached hydrogen (secondary N) is 1. The van der Waals surface area contributed by atoms with Gasteiger partial charge in [-0.15, -0.1) is 0 Å². The maximum Gasteiger partial charge on any atom is 0.240 e. The van der Waals surface area contributed by atoms with Gasteiger partial charge in [0.25, 0.3) is 0 Å². The summed E-state index contributed by atoms with van der Waals surface area (Å²) in [6, 6.07) is 0. The summed E-state index contributed by atoms with van der Waals surface area (Å²) in [6.07, 6.45) is 7.06. The molecule has 2 aromatic heterocycles. The summed E-state index contributed by atoms with van der Waals surface area (Å²) < 4.78 is 1.91. The molecule has 0 fully saturated rings. The zero-order valence-corrected chi connectivity index (χ0v) is 17.4. The number of imidazole rings is 1. The van der Waals surface area contributed by atoms with Gasteiger partial charge in [0, 0.05) is 37.7 Å². The Balaban J connectivity index is 1.83.